The summed E-state index contributed by atoms with van der Waals surface area (Å²) in [5.41, 5.74) is 0. The van der Waals surface area contributed by atoms with Gasteiger partial charge in [-0.3, -0.25) is 4.55 Å². The van der Waals surface area contributed by atoms with Gasteiger partial charge in [-0.15, -0.1) is 0 Å². The molecule has 0 aromatic rings. The van der Waals surface area contributed by atoms with Gasteiger partial charge < -0.3 is 4.74 Å². The van der Waals surface area contributed by atoms with Crippen molar-refractivity contribution in [1.82, 2.24) is 0 Å². The number of hydrogen-bond acceptors (Lipinski definition) is 3. The van der Waals surface area contributed by atoms with E-state index >= 15 is 0 Å². The third kappa shape index (κ3) is 7.43. The van der Waals surface area contributed by atoms with E-state index in [9.17, 15) is 8.42 Å². The van der Waals surface area contributed by atoms with E-state index in [1.54, 1.807) is 5.25 Å². The topological polar surface area (TPSA) is 63.6 Å². The summed E-state index contributed by atoms with van der Waals surface area (Å²) in [6, 6.07) is 0. The lowest BCUT2D eigenvalue weighted by molar-refractivity contribution is 0.240. The SMILES string of the molecule is COCC#CS(=O)(=O)O. The molecule has 0 bridgehead atoms. The first-order valence-electron chi connectivity index (χ1n) is 2.02. The van der Waals surface area contributed by atoms with Crippen LogP contribution in [0.5, 0.6) is 0 Å². The zero-order chi connectivity index (χ0) is 7.33. The van der Waals surface area contributed by atoms with Crippen molar-refractivity contribution < 1.29 is 17.7 Å². The van der Waals surface area contributed by atoms with E-state index in [0.717, 1.165) is 0 Å². The van der Waals surface area contributed by atoms with E-state index in [1.165, 1.54) is 7.11 Å². The molecule has 0 aliphatic carbocycles. The molecule has 0 aromatic carbocycles. The first kappa shape index (κ1) is 8.43. The maximum Gasteiger partial charge on any atom is 0.335 e. The fraction of sp³-hybridized carbons (Fsp3) is 0.500. The van der Waals surface area contributed by atoms with Crippen molar-refractivity contribution in [2.24, 2.45) is 0 Å². The van der Waals surface area contributed by atoms with Crippen LogP contribution >= 0.6 is 0 Å². The molecule has 0 saturated heterocycles. The number of hydrogen-bond donors (Lipinski definition) is 1. The van der Waals surface area contributed by atoms with Crippen LogP contribution in [0.4, 0.5) is 0 Å². The van der Waals surface area contributed by atoms with Crippen LogP contribution in [0.15, 0.2) is 0 Å². The molecule has 0 amide bonds. The summed E-state index contributed by atoms with van der Waals surface area (Å²) in [5, 5.41) is 1.58. The van der Waals surface area contributed by atoms with Crippen molar-refractivity contribution in [2.75, 3.05) is 13.7 Å². The molecule has 5 heteroatoms. The zero-order valence-electron chi connectivity index (χ0n) is 4.79. The van der Waals surface area contributed by atoms with Crippen LogP contribution in [-0.2, 0) is 14.9 Å². The van der Waals surface area contributed by atoms with Crippen molar-refractivity contribution in [3.63, 3.8) is 0 Å². The molecule has 0 aromatic heterocycles. The third-order valence-corrected chi connectivity index (χ3v) is 0.820. The molecule has 0 unspecified atom stereocenters. The average molecular weight is 150 g/mol. The molecule has 4 nitrogen and oxygen atoms in total. The van der Waals surface area contributed by atoms with E-state index in [2.05, 4.69) is 10.7 Å². The largest absolute Gasteiger partial charge is 0.372 e. The quantitative estimate of drug-likeness (QED) is 0.403. The highest BCUT2D eigenvalue weighted by molar-refractivity contribution is 7.90. The van der Waals surface area contributed by atoms with E-state index in [-0.39, 0.29) is 6.61 Å². The van der Waals surface area contributed by atoms with Crippen LogP contribution in [0.3, 0.4) is 0 Å². The fourth-order valence-electron chi connectivity index (χ4n) is 0.193. The minimum atomic E-state index is -4.14. The molecule has 1 N–H and O–H groups in total. The van der Waals surface area contributed by atoms with E-state index < -0.39 is 10.1 Å². The lowest BCUT2D eigenvalue weighted by Gasteiger charge is -1.80. The van der Waals surface area contributed by atoms with Crippen molar-refractivity contribution in [1.29, 1.82) is 0 Å². The normalized spacial score (nSPS) is 10.0. The zero-order valence-corrected chi connectivity index (χ0v) is 5.60. The maximum atomic E-state index is 9.83. The molecule has 0 saturated carbocycles. The summed E-state index contributed by atoms with van der Waals surface area (Å²) >= 11 is 0. The molecule has 0 atom stereocenters. The molecule has 0 fully saturated rings. The molecular formula is C4H6O4S. The Hall–Kier alpha value is -0.570. The number of ether oxygens (including phenoxy) is 1. The van der Waals surface area contributed by atoms with Crippen LogP contribution in [0.25, 0.3) is 0 Å². The van der Waals surface area contributed by atoms with E-state index in [1.807, 2.05) is 0 Å². The van der Waals surface area contributed by atoms with Gasteiger partial charge in [0.1, 0.15) is 6.61 Å². The van der Waals surface area contributed by atoms with Crippen molar-refractivity contribution in [3.8, 4) is 11.2 Å². The first-order valence-corrected chi connectivity index (χ1v) is 3.46. The fourth-order valence-corrected chi connectivity index (χ4v) is 0.434. The summed E-state index contributed by atoms with van der Waals surface area (Å²) in [5.74, 6) is 2.06. The van der Waals surface area contributed by atoms with Gasteiger partial charge in [0.25, 0.3) is 0 Å². The Balaban J connectivity index is 3.90. The molecule has 0 rings (SSSR count). The Labute approximate surface area is 53.6 Å². The van der Waals surface area contributed by atoms with Gasteiger partial charge in [-0.25, -0.2) is 0 Å². The highest BCUT2D eigenvalue weighted by atomic mass is 32.2. The molecule has 0 aliphatic rings. The van der Waals surface area contributed by atoms with Crippen molar-refractivity contribution in [2.45, 2.75) is 0 Å². The highest BCUT2D eigenvalue weighted by Gasteiger charge is 1.91. The Morgan fingerprint density at radius 2 is 2.22 bits per heavy atom. The van der Waals surface area contributed by atoms with Crippen molar-refractivity contribution >= 4 is 10.1 Å². The van der Waals surface area contributed by atoms with Gasteiger partial charge in [-0.1, -0.05) is 5.92 Å². The van der Waals surface area contributed by atoms with E-state index in [4.69, 9.17) is 4.55 Å². The molecule has 0 aliphatic heterocycles. The Morgan fingerprint density at radius 3 is 2.56 bits per heavy atom. The molecule has 0 radical (unpaired) electrons. The molecule has 0 heterocycles. The van der Waals surface area contributed by atoms with Gasteiger partial charge in [0, 0.05) is 7.11 Å². The van der Waals surface area contributed by atoms with Crippen LogP contribution < -0.4 is 0 Å². The Morgan fingerprint density at radius 1 is 1.67 bits per heavy atom. The van der Waals surface area contributed by atoms with Gasteiger partial charge in [-0.05, 0) is 0 Å². The van der Waals surface area contributed by atoms with Gasteiger partial charge in [0.2, 0.25) is 0 Å². The lowest BCUT2D eigenvalue weighted by atomic mass is 10.8. The summed E-state index contributed by atoms with van der Waals surface area (Å²) in [4.78, 5) is 0. The maximum absolute atomic E-state index is 9.83. The van der Waals surface area contributed by atoms with Gasteiger partial charge in [-0.2, -0.15) is 8.42 Å². The summed E-state index contributed by atoms with van der Waals surface area (Å²) < 4.78 is 32.0. The second-order valence-electron chi connectivity index (χ2n) is 1.19. The summed E-state index contributed by atoms with van der Waals surface area (Å²) in [7, 11) is -2.76. The Kier molecular flexibility index (Phi) is 3.24. The first-order chi connectivity index (χ1) is 4.06. The smallest absolute Gasteiger partial charge is 0.335 e. The monoisotopic (exact) mass is 150 g/mol. The minimum Gasteiger partial charge on any atom is -0.372 e. The Bertz CT molecular complexity index is 217. The molecule has 9 heavy (non-hydrogen) atoms. The van der Waals surface area contributed by atoms with Gasteiger partial charge in [0.15, 0.2) is 0 Å². The number of rotatable bonds is 1. The lowest BCUT2D eigenvalue weighted by Crippen LogP contribution is -1.91. The standard InChI is InChI=1S/C4H6O4S/c1-8-3-2-4-9(5,6)7/h3H2,1H3,(H,5,6,7). The van der Waals surface area contributed by atoms with Gasteiger partial charge in [0.05, 0.1) is 5.25 Å². The molecular weight excluding hydrogens is 144 g/mol. The minimum absolute atomic E-state index is 0.000208. The highest BCUT2D eigenvalue weighted by Crippen LogP contribution is 1.73. The molecule has 0 spiro atoms. The average Bonchev–Trinajstić information content (AvgIpc) is 1.63. The van der Waals surface area contributed by atoms with E-state index in [0.29, 0.717) is 0 Å². The van der Waals surface area contributed by atoms with Crippen LogP contribution in [0.2, 0.25) is 0 Å². The second-order valence-corrected chi connectivity index (χ2v) is 2.34. The summed E-state index contributed by atoms with van der Waals surface area (Å²) in [6.45, 7) is -0.000208. The van der Waals surface area contributed by atoms with Crippen molar-refractivity contribution in [3.05, 3.63) is 0 Å². The number of methoxy groups -OCH3 is 1. The predicted octanol–water partition coefficient (Wildman–Crippen LogP) is -0.518. The summed E-state index contributed by atoms with van der Waals surface area (Å²) in [6.07, 6.45) is 0. The predicted molar refractivity (Wildman–Crippen MR) is 31.2 cm³/mol. The van der Waals surface area contributed by atoms with Crippen LogP contribution in [-0.4, -0.2) is 26.7 Å². The van der Waals surface area contributed by atoms with Crippen LogP contribution in [0.1, 0.15) is 0 Å². The van der Waals surface area contributed by atoms with Gasteiger partial charge >= 0.3 is 10.1 Å². The molecule has 52 valence electrons. The second kappa shape index (κ2) is 3.45. The van der Waals surface area contributed by atoms with Crippen LogP contribution in [0, 0.1) is 11.2 Å². The third-order valence-electron chi connectivity index (χ3n) is 0.418.